The largest absolute Gasteiger partial charge is 0.374 e. The fourth-order valence-corrected chi connectivity index (χ4v) is 3.82. The molecule has 108 valence electrons. The van der Waals surface area contributed by atoms with E-state index in [9.17, 15) is 0 Å². The van der Waals surface area contributed by atoms with Crippen molar-refractivity contribution in [1.82, 2.24) is 4.90 Å². The molecule has 0 aromatic heterocycles. The summed E-state index contributed by atoms with van der Waals surface area (Å²) in [5, 5.41) is 0. The van der Waals surface area contributed by atoms with Crippen molar-refractivity contribution in [2.45, 2.75) is 31.7 Å². The molecule has 2 aromatic rings. The summed E-state index contributed by atoms with van der Waals surface area (Å²) in [4.78, 5) is 2.43. The second-order valence-corrected chi connectivity index (χ2v) is 5.98. The molecule has 1 aliphatic heterocycles. The van der Waals surface area contributed by atoms with Gasteiger partial charge in [-0.25, -0.2) is 0 Å². The van der Waals surface area contributed by atoms with Gasteiger partial charge in [0, 0.05) is 18.8 Å². The van der Waals surface area contributed by atoms with Crippen LogP contribution in [0.4, 0.5) is 0 Å². The van der Waals surface area contributed by atoms with Crippen molar-refractivity contribution >= 4 is 0 Å². The predicted octanol–water partition coefficient (Wildman–Crippen LogP) is 4.60. The highest BCUT2D eigenvalue weighted by molar-refractivity contribution is 5.50. The third kappa shape index (κ3) is 2.08. The standard InChI is InChI=1S/C20H23N/c1-4-19-20(15-16(2)21(19)3,17-11-7-5-8-12-17)18-13-9-6-10-14-18/h4-14,16H,15H2,1-3H3/b19-4-/t16-/m1/s1. The molecular weight excluding hydrogens is 254 g/mol. The molecule has 2 aromatic carbocycles. The van der Waals surface area contributed by atoms with E-state index in [4.69, 9.17) is 0 Å². The lowest BCUT2D eigenvalue weighted by atomic mass is 9.71. The highest BCUT2D eigenvalue weighted by Gasteiger charge is 2.47. The lowest BCUT2D eigenvalue weighted by Gasteiger charge is -2.33. The second kappa shape index (κ2) is 5.40. The van der Waals surface area contributed by atoms with Crippen LogP contribution in [0.3, 0.4) is 0 Å². The van der Waals surface area contributed by atoms with Crippen LogP contribution in [-0.2, 0) is 5.41 Å². The van der Waals surface area contributed by atoms with E-state index in [2.05, 4.69) is 92.5 Å². The summed E-state index contributed by atoms with van der Waals surface area (Å²) in [6.07, 6.45) is 3.40. The Kier molecular flexibility index (Phi) is 3.59. The minimum absolute atomic E-state index is 0.0224. The third-order valence-electron chi connectivity index (χ3n) is 4.89. The minimum Gasteiger partial charge on any atom is -0.374 e. The van der Waals surface area contributed by atoms with Gasteiger partial charge in [0.1, 0.15) is 0 Å². The van der Waals surface area contributed by atoms with Crippen molar-refractivity contribution in [1.29, 1.82) is 0 Å². The van der Waals surface area contributed by atoms with Crippen LogP contribution in [0.1, 0.15) is 31.4 Å². The number of likely N-dealkylation sites (tertiary alicyclic amines) is 1. The quantitative estimate of drug-likeness (QED) is 0.775. The number of likely N-dealkylation sites (N-methyl/N-ethyl adjacent to an activating group) is 1. The number of rotatable bonds is 2. The molecule has 1 saturated heterocycles. The van der Waals surface area contributed by atoms with Crippen molar-refractivity contribution < 1.29 is 0 Å². The first-order chi connectivity index (χ1) is 10.2. The molecule has 0 bridgehead atoms. The van der Waals surface area contributed by atoms with E-state index in [1.807, 2.05) is 0 Å². The zero-order chi connectivity index (χ0) is 14.9. The van der Waals surface area contributed by atoms with Crippen LogP contribution in [0.5, 0.6) is 0 Å². The molecule has 0 radical (unpaired) electrons. The molecule has 0 aliphatic carbocycles. The summed E-state index contributed by atoms with van der Waals surface area (Å²) in [5.74, 6) is 0. The molecule has 0 spiro atoms. The normalized spacial score (nSPS) is 22.7. The van der Waals surface area contributed by atoms with Crippen LogP contribution in [-0.4, -0.2) is 18.0 Å². The fourth-order valence-electron chi connectivity index (χ4n) is 3.82. The highest BCUT2D eigenvalue weighted by atomic mass is 15.2. The average Bonchev–Trinajstić information content (AvgIpc) is 2.81. The van der Waals surface area contributed by atoms with Crippen LogP contribution in [0, 0.1) is 0 Å². The van der Waals surface area contributed by atoms with Gasteiger partial charge in [-0.2, -0.15) is 0 Å². The smallest absolute Gasteiger partial charge is 0.0616 e. The molecule has 1 fully saturated rings. The summed E-state index contributed by atoms with van der Waals surface area (Å²) in [6.45, 7) is 4.47. The van der Waals surface area contributed by atoms with Gasteiger partial charge in [-0.15, -0.1) is 0 Å². The SMILES string of the molecule is C/C=C1\N(C)[C@H](C)CC1(c1ccccc1)c1ccccc1. The Hall–Kier alpha value is -2.02. The molecule has 0 unspecified atom stereocenters. The summed E-state index contributed by atoms with van der Waals surface area (Å²) < 4.78 is 0. The van der Waals surface area contributed by atoms with Gasteiger partial charge in [0.15, 0.2) is 0 Å². The van der Waals surface area contributed by atoms with Crippen LogP contribution >= 0.6 is 0 Å². The van der Waals surface area contributed by atoms with E-state index in [1.54, 1.807) is 0 Å². The Morgan fingerprint density at radius 3 is 1.86 bits per heavy atom. The first kappa shape index (κ1) is 13.9. The Morgan fingerprint density at radius 2 is 1.43 bits per heavy atom. The number of benzene rings is 2. The molecule has 21 heavy (non-hydrogen) atoms. The van der Waals surface area contributed by atoms with Crippen LogP contribution in [0.25, 0.3) is 0 Å². The van der Waals surface area contributed by atoms with E-state index in [0.29, 0.717) is 6.04 Å². The third-order valence-corrected chi connectivity index (χ3v) is 4.89. The maximum absolute atomic E-state index is 2.43. The Balaban J connectivity index is 2.27. The molecule has 1 nitrogen and oxygen atoms in total. The number of hydrogen-bond donors (Lipinski definition) is 0. The Morgan fingerprint density at radius 1 is 0.952 bits per heavy atom. The molecule has 1 atom stereocenters. The maximum atomic E-state index is 2.43. The summed E-state index contributed by atoms with van der Waals surface area (Å²) in [6, 6.07) is 22.4. The van der Waals surface area contributed by atoms with Gasteiger partial charge in [-0.05, 0) is 31.4 Å². The van der Waals surface area contributed by atoms with Gasteiger partial charge >= 0.3 is 0 Å². The van der Waals surface area contributed by atoms with Crippen LogP contribution in [0.2, 0.25) is 0 Å². The van der Waals surface area contributed by atoms with Gasteiger partial charge in [0.05, 0.1) is 5.41 Å². The van der Waals surface area contributed by atoms with Crippen molar-refractivity contribution in [3.63, 3.8) is 0 Å². The average molecular weight is 277 g/mol. The molecule has 3 rings (SSSR count). The van der Waals surface area contributed by atoms with Crippen LogP contribution in [0.15, 0.2) is 72.4 Å². The lowest BCUT2D eigenvalue weighted by molar-refractivity contribution is 0.375. The monoisotopic (exact) mass is 277 g/mol. The van der Waals surface area contributed by atoms with Crippen molar-refractivity contribution in [3.8, 4) is 0 Å². The molecule has 1 aliphatic rings. The summed E-state index contributed by atoms with van der Waals surface area (Å²) in [7, 11) is 2.22. The van der Waals surface area contributed by atoms with E-state index < -0.39 is 0 Å². The van der Waals surface area contributed by atoms with E-state index in [1.165, 1.54) is 16.8 Å². The maximum Gasteiger partial charge on any atom is 0.0616 e. The van der Waals surface area contributed by atoms with Gasteiger partial charge in [0.25, 0.3) is 0 Å². The van der Waals surface area contributed by atoms with E-state index >= 15 is 0 Å². The molecule has 1 heteroatoms. The van der Waals surface area contributed by atoms with E-state index in [-0.39, 0.29) is 5.41 Å². The van der Waals surface area contributed by atoms with Gasteiger partial charge in [-0.1, -0.05) is 66.7 Å². The summed E-state index contributed by atoms with van der Waals surface area (Å²) >= 11 is 0. The molecule has 0 amide bonds. The lowest BCUT2D eigenvalue weighted by Crippen LogP contribution is -2.29. The van der Waals surface area contributed by atoms with Crippen molar-refractivity contribution in [3.05, 3.63) is 83.6 Å². The number of allylic oxidation sites excluding steroid dienone is 2. The molecule has 1 heterocycles. The summed E-state index contributed by atoms with van der Waals surface area (Å²) in [5.41, 5.74) is 4.17. The highest BCUT2D eigenvalue weighted by Crippen LogP contribution is 2.49. The number of nitrogens with zero attached hydrogens (tertiary/aromatic N) is 1. The first-order valence-electron chi connectivity index (χ1n) is 7.71. The van der Waals surface area contributed by atoms with E-state index in [0.717, 1.165) is 6.42 Å². The van der Waals surface area contributed by atoms with Gasteiger partial charge < -0.3 is 4.90 Å². The predicted molar refractivity (Wildman–Crippen MR) is 89.3 cm³/mol. The molecular formula is C20H23N. The van der Waals surface area contributed by atoms with Crippen LogP contribution < -0.4 is 0 Å². The van der Waals surface area contributed by atoms with Gasteiger partial charge in [-0.3, -0.25) is 0 Å². The molecule has 0 saturated carbocycles. The first-order valence-corrected chi connectivity index (χ1v) is 7.71. The topological polar surface area (TPSA) is 3.24 Å². The second-order valence-electron chi connectivity index (χ2n) is 5.98. The van der Waals surface area contributed by atoms with Crippen molar-refractivity contribution in [2.24, 2.45) is 0 Å². The number of hydrogen-bond acceptors (Lipinski definition) is 1. The zero-order valence-corrected chi connectivity index (χ0v) is 13.1. The fraction of sp³-hybridized carbons (Fsp3) is 0.300. The van der Waals surface area contributed by atoms with Crippen molar-refractivity contribution in [2.75, 3.05) is 7.05 Å². The zero-order valence-electron chi connectivity index (χ0n) is 13.1. The molecule has 0 N–H and O–H groups in total. The minimum atomic E-state index is -0.0224. The Labute approximate surface area is 127 Å². The van der Waals surface area contributed by atoms with Gasteiger partial charge in [0.2, 0.25) is 0 Å². The Bertz CT molecular complexity index is 588.